The highest BCUT2D eigenvalue weighted by Crippen LogP contribution is 2.23. The Bertz CT molecular complexity index is 488. The third kappa shape index (κ3) is 4.55. The van der Waals surface area contributed by atoms with Gasteiger partial charge in [0.15, 0.2) is 5.78 Å². The zero-order chi connectivity index (χ0) is 15.2. The number of hydrogen-bond acceptors (Lipinski definition) is 4. The van der Waals surface area contributed by atoms with Gasteiger partial charge in [0.1, 0.15) is 5.75 Å². The van der Waals surface area contributed by atoms with Crippen molar-refractivity contribution in [1.29, 1.82) is 0 Å². The lowest BCUT2D eigenvalue weighted by molar-refractivity contribution is 0.101. The van der Waals surface area contributed by atoms with Crippen LogP contribution in [0.15, 0.2) is 18.2 Å². The lowest BCUT2D eigenvalue weighted by Crippen LogP contribution is -2.28. The minimum atomic E-state index is 0.106. The van der Waals surface area contributed by atoms with E-state index in [1.807, 2.05) is 25.1 Å². The van der Waals surface area contributed by atoms with Gasteiger partial charge in [-0.2, -0.15) is 0 Å². The largest absolute Gasteiger partial charge is 0.494 e. The fourth-order valence-electron chi connectivity index (χ4n) is 2.72. The van der Waals surface area contributed by atoms with Crippen LogP contribution < -0.4 is 4.74 Å². The number of Topliss-reactive ketones (excluding diaryl/α,β-unsaturated/α-hetero) is 1. The Morgan fingerprint density at radius 2 is 2.05 bits per heavy atom. The molecule has 4 heteroatoms. The van der Waals surface area contributed by atoms with E-state index in [-0.39, 0.29) is 5.78 Å². The SMILES string of the molecule is CCOc1ccc(C(C)=O)cc1CN1CCCN(C)CC1. The summed E-state index contributed by atoms with van der Waals surface area (Å²) in [6.45, 7) is 9.51. The number of ether oxygens (including phenoxy) is 1. The molecule has 1 saturated heterocycles. The Morgan fingerprint density at radius 1 is 1.24 bits per heavy atom. The molecule has 0 radical (unpaired) electrons. The molecule has 0 spiro atoms. The normalized spacial score (nSPS) is 17.5. The molecule has 0 N–H and O–H groups in total. The first kappa shape index (κ1) is 16.0. The van der Waals surface area contributed by atoms with Crippen LogP contribution in [-0.2, 0) is 6.54 Å². The molecule has 1 aromatic rings. The average Bonchev–Trinajstić information content (AvgIpc) is 2.66. The van der Waals surface area contributed by atoms with Crippen LogP contribution in [0.5, 0.6) is 5.75 Å². The van der Waals surface area contributed by atoms with Crippen molar-refractivity contribution >= 4 is 5.78 Å². The van der Waals surface area contributed by atoms with E-state index in [2.05, 4.69) is 16.8 Å². The molecule has 21 heavy (non-hydrogen) atoms. The minimum Gasteiger partial charge on any atom is -0.494 e. The van der Waals surface area contributed by atoms with Crippen LogP contribution in [-0.4, -0.2) is 55.4 Å². The van der Waals surface area contributed by atoms with Crippen LogP contribution in [0, 0.1) is 0 Å². The Hall–Kier alpha value is -1.39. The van der Waals surface area contributed by atoms with Gasteiger partial charge in [0.2, 0.25) is 0 Å². The maximum Gasteiger partial charge on any atom is 0.159 e. The topological polar surface area (TPSA) is 32.8 Å². The van der Waals surface area contributed by atoms with E-state index in [0.717, 1.165) is 49.6 Å². The van der Waals surface area contributed by atoms with E-state index in [1.54, 1.807) is 6.92 Å². The third-order valence-corrected chi connectivity index (χ3v) is 3.97. The molecule has 0 amide bonds. The Morgan fingerprint density at radius 3 is 2.76 bits per heavy atom. The van der Waals surface area contributed by atoms with Crippen LogP contribution in [0.2, 0.25) is 0 Å². The molecule has 0 saturated carbocycles. The van der Waals surface area contributed by atoms with E-state index in [9.17, 15) is 4.79 Å². The van der Waals surface area contributed by atoms with Crippen LogP contribution in [0.1, 0.15) is 36.2 Å². The molecule has 1 fully saturated rings. The molecule has 2 rings (SSSR count). The van der Waals surface area contributed by atoms with Crippen molar-refractivity contribution in [3.63, 3.8) is 0 Å². The van der Waals surface area contributed by atoms with Gasteiger partial charge in [0.05, 0.1) is 6.61 Å². The highest BCUT2D eigenvalue weighted by atomic mass is 16.5. The van der Waals surface area contributed by atoms with E-state index >= 15 is 0 Å². The number of rotatable bonds is 5. The monoisotopic (exact) mass is 290 g/mol. The highest BCUT2D eigenvalue weighted by molar-refractivity contribution is 5.94. The Balaban J connectivity index is 2.15. The molecular formula is C17H26N2O2. The number of carbonyl (C=O) groups is 1. The maximum absolute atomic E-state index is 11.6. The van der Waals surface area contributed by atoms with Crippen molar-refractivity contribution in [3.05, 3.63) is 29.3 Å². The molecule has 0 aliphatic carbocycles. The molecule has 0 atom stereocenters. The summed E-state index contributed by atoms with van der Waals surface area (Å²) in [6, 6.07) is 5.77. The summed E-state index contributed by atoms with van der Waals surface area (Å²) in [5.74, 6) is 1.01. The van der Waals surface area contributed by atoms with Gasteiger partial charge in [-0.05, 0) is 58.6 Å². The molecule has 1 aliphatic rings. The molecule has 4 nitrogen and oxygen atoms in total. The molecule has 1 aliphatic heterocycles. The second-order valence-corrected chi connectivity index (χ2v) is 5.74. The second kappa shape index (κ2) is 7.57. The minimum absolute atomic E-state index is 0.106. The summed E-state index contributed by atoms with van der Waals surface area (Å²) in [5.41, 5.74) is 1.88. The van der Waals surface area contributed by atoms with Gasteiger partial charge in [0.25, 0.3) is 0 Å². The van der Waals surface area contributed by atoms with Crippen LogP contribution >= 0.6 is 0 Å². The van der Waals surface area contributed by atoms with E-state index in [4.69, 9.17) is 4.74 Å². The van der Waals surface area contributed by atoms with Crippen molar-refractivity contribution in [2.24, 2.45) is 0 Å². The molecule has 0 aromatic heterocycles. The van der Waals surface area contributed by atoms with E-state index in [0.29, 0.717) is 6.61 Å². The molecule has 0 unspecified atom stereocenters. The van der Waals surface area contributed by atoms with Gasteiger partial charge in [-0.25, -0.2) is 0 Å². The van der Waals surface area contributed by atoms with Gasteiger partial charge in [-0.1, -0.05) is 0 Å². The molecular weight excluding hydrogens is 264 g/mol. The maximum atomic E-state index is 11.6. The summed E-state index contributed by atoms with van der Waals surface area (Å²) < 4.78 is 5.72. The molecule has 1 aromatic carbocycles. The van der Waals surface area contributed by atoms with E-state index < -0.39 is 0 Å². The van der Waals surface area contributed by atoms with Crippen molar-refractivity contribution < 1.29 is 9.53 Å². The quantitative estimate of drug-likeness (QED) is 0.780. The first-order chi connectivity index (χ1) is 10.1. The standard InChI is InChI=1S/C17H26N2O2/c1-4-21-17-7-6-15(14(2)20)12-16(17)13-19-9-5-8-18(3)10-11-19/h6-7,12H,4-5,8-11,13H2,1-3H3. The Kier molecular flexibility index (Phi) is 5.76. The summed E-state index contributed by atoms with van der Waals surface area (Å²) in [4.78, 5) is 16.4. The van der Waals surface area contributed by atoms with Crippen LogP contribution in [0.4, 0.5) is 0 Å². The molecule has 116 valence electrons. The lowest BCUT2D eigenvalue weighted by atomic mass is 10.1. The van der Waals surface area contributed by atoms with Gasteiger partial charge >= 0.3 is 0 Å². The number of nitrogens with zero attached hydrogens (tertiary/aromatic N) is 2. The number of hydrogen-bond donors (Lipinski definition) is 0. The number of likely N-dealkylation sites (N-methyl/N-ethyl adjacent to an activating group) is 1. The van der Waals surface area contributed by atoms with Crippen molar-refractivity contribution in [2.75, 3.05) is 39.8 Å². The molecule has 0 bridgehead atoms. The number of benzene rings is 1. The number of ketones is 1. The smallest absolute Gasteiger partial charge is 0.159 e. The van der Waals surface area contributed by atoms with Gasteiger partial charge in [-0.15, -0.1) is 0 Å². The van der Waals surface area contributed by atoms with Gasteiger partial charge in [0, 0.05) is 30.8 Å². The van der Waals surface area contributed by atoms with Gasteiger partial charge < -0.3 is 9.64 Å². The zero-order valence-electron chi connectivity index (χ0n) is 13.4. The van der Waals surface area contributed by atoms with Crippen LogP contribution in [0.25, 0.3) is 0 Å². The summed E-state index contributed by atoms with van der Waals surface area (Å²) in [5, 5.41) is 0. The first-order valence-electron chi connectivity index (χ1n) is 7.77. The summed E-state index contributed by atoms with van der Waals surface area (Å²) in [7, 11) is 2.17. The average molecular weight is 290 g/mol. The molecule has 1 heterocycles. The first-order valence-corrected chi connectivity index (χ1v) is 7.77. The summed E-state index contributed by atoms with van der Waals surface area (Å²) in [6.07, 6.45) is 1.19. The van der Waals surface area contributed by atoms with Crippen molar-refractivity contribution in [1.82, 2.24) is 9.80 Å². The lowest BCUT2D eigenvalue weighted by Gasteiger charge is -2.22. The predicted octanol–water partition coefficient (Wildman–Crippen LogP) is 2.43. The fraction of sp³-hybridized carbons (Fsp3) is 0.588. The van der Waals surface area contributed by atoms with Gasteiger partial charge in [-0.3, -0.25) is 9.69 Å². The third-order valence-electron chi connectivity index (χ3n) is 3.97. The Labute approximate surface area is 127 Å². The second-order valence-electron chi connectivity index (χ2n) is 5.74. The predicted molar refractivity (Wildman–Crippen MR) is 85.0 cm³/mol. The van der Waals surface area contributed by atoms with E-state index in [1.165, 1.54) is 6.42 Å². The van der Waals surface area contributed by atoms with Crippen molar-refractivity contribution in [2.45, 2.75) is 26.8 Å². The zero-order valence-corrected chi connectivity index (χ0v) is 13.4. The fourth-order valence-corrected chi connectivity index (χ4v) is 2.72. The summed E-state index contributed by atoms with van der Waals surface area (Å²) >= 11 is 0. The van der Waals surface area contributed by atoms with Crippen LogP contribution in [0.3, 0.4) is 0 Å². The highest BCUT2D eigenvalue weighted by Gasteiger charge is 2.15. The van der Waals surface area contributed by atoms with Crippen molar-refractivity contribution in [3.8, 4) is 5.75 Å². The number of carbonyl (C=O) groups excluding carboxylic acids is 1.